The van der Waals surface area contributed by atoms with Crippen molar-refractivity contribution in [2.45, 2.75) is 4.90 Å². The molecule has 0 amide bonds. The van der Waals surface area contributed by atoms with Crippen LogP contribution in [-0.4, -0.2) is 21.3 Å². The molecule has 0 aliphatic carbocycles. The Morgan fingerprint density at radius 3 is 3.00 bits per heavy atom. The van der Waals surface area contributed by atoms with Gasteiger partial charge in [0.05, 0.1) is 16.1 Å². The number of H-pyrrole nitrogens is 1. The summed E-state index contributed by atoms with van der Waals surface area (Å²) in [6.45, 7) is 0. The lowest BCUT2D eigenvalue weighted by atomic mass is 10.2. The quantitative estimate of drug-likeness (QED) is 0.821. The molecule has 6 heteroatoms. The van der Waals surface area contributed by atoms with E-state index >= 15 is 0 Å². The lowest BCUT2D eigenvalue weighted by Crippen LogP contribution is -1.99. The molecular formula is C10H7ClN2O2S. The zero-order valence-electron chi connectivity index (χ0n) is 7.93. The zero-order valence-corrected chi connectivity index (χ0v) is 9.56. The number of benzene rings is 1. The molecule has 0 saturated carbocycles. The van der Waals surface area contributed by atoms with E-state index in [0.717, 1.165) is 21.5 Å². The van der Waals surface area contributed by atoms with Crippen molar-refractivity contribution in [3.63, 3.8) is 0 Å². The summed E-state index contributed by atoms with van der Waals surface area (Å²) in [5.74, 6) is -0.905. The smallest absolute Gasteiger partial charge is 0.342 e. The lowest BCUT2D eigenvalue weighted by molar-refractivity contribution is -0.131. The molecule has 1 aliphatic heterocycles. The maximum Gasteiger partial charge on any atom is 0.342 e. The zero-order chi connectivity index (χ0) is 10.4. The van der Waals surface area contributed by atoms with Gasteiger partial charge in [-0.15, -0.1) is 12.4 Å². The lowest BCUT2D eigenvalue weighted by Gasteiger charge is -2.09. The second-order valence-electron chi connectivity index (χ2n) is 3.20. The molecule has 2 aromatic rings. The Balaban J connectivity index is 0.000000963. The van der Waals surface area contributed by atoms with E-state index in [0.29, 0.717) is 4.91 Å². The summed E-state index contributed by atoms with van der Waals surface area (Å²) in [7, 11) is 0. The molecule has 0 unspecified atom stereocenters. The third kappa shape index (κ3) is 1.48. The predicted octanol–water partition coefficient (Wildman–Crippen LogP) is 2.52. The van der Waals surface area contributed by atoms with Crippen molar-refractivity contribution in [1.82, 2.24) is 10.2 Å². The van der Waals surface area contributed by atoms with E-state index in [4.69, 9.17) is 5.11 Å². The van der Waals surface area contributed by atoms with Crippen molar-refractivity contribution in [2.75, 3.05) is 0 Å². The highest BCUT2D eigenvalue weighted by atomic mass is 35.5. The fourth-order valence-corrected chi connectivity index (χ4v) is 2.60. The average molecular weight is 255 g/mol. The van der Waals surface area contributed by atoms with Gasteiger partial charge in [0, 0.05) is 10.3 Å². The maximum atomic E-state index is 10.9. The molecule has 4 nitrogen and oxygen atoms in total. The van der Waals surface area contributed by atoms with Crippen molar-refractivity contribution in [2.24, 2.45) is 0 Å². The Labute approximate surface area is 101 Å². The van der Waals surface area contributed by atoms with Crippen molar-refractivity contribution < 1.29 is 9.90 Å². The van der Waals surface area contributed by atoms with Crippen LogP contribution in [0.4, 0.5) is 0 Å². The molecule has 1 aliphatic rings. The Morgan fingerprint density at radius 1 is 1.44 bits per heavy atom. The Hall–Kier alpha value is -1.46. The number of nitrogens with one attached hydrogen (secondary N) is 1. The van der Waals surface area contributed by atoms with E-state index in [9.17, 15) is 4.79 Å². The van der Waals surface area contributed by atoms with E-state index in [1.54, 1.807) is 6.08 Å². The maximum absolute atomic E-state index is 10.9. The van der Waals surface area contributed by atoms with Gasteiger partial charge in [0.25, 0.3) is 0 Å². The van der Waals surface area contributed by atoms with Gasteiger partial charge in [-0.05, 0) is 18.2 Å². The summed E-state index contributed by atoms with van der Waals surface area (Å²) in [6.07, 6.45) is 1.62. The van der Waals surface area contributed by atoms with Crippen LogP contribution in [0.5, 0.6) is 0 Å². The normalized spacial score (nSPS) is 13.1. The number of halogens is 1. The first-order chi connectivity index (χ1) is 7.25. The highest BCUT2D eigenvalue weighted by molar-refractivity contribution is 8.04. The van der Waals surface area contributed by atoms with Gasteiger partial charge in [-0.1, -0.05) is 17.8 Å². The third-order valence-electron chi connectivity index (χ3n) is 2.28. The monoisotopic (exact) mass is 254 g/mol. The van der Waals surface area contributed by atoms with Gasteiger partial charge in [-0.2, -0.15) is 5.10 Å². The topological polar surface area (TPSA) is 66.0 Å². The third-order valence-corrected chi connectivity index (χ3v) is 3.35. The van der Waals surface area contributed by atoms with Crippen LogP contribution in [0.1, 0.15) is 5.69 Å². The molecule has 1 aromatic carbocycles. The first-order valence-electron chi connectivity index (χ1n) is 4.35. The molecule has 1 aromatic heterocycles. The predicted molar refractivity (Wildman–Crippen MR) is 64.8 cm³/mol. The van der Waals surface area contributed by atoms with Crippen LogP contribution in [0.2, 0.25) is 0 Å². The minimum absolute atomic E-state index is 0. The van der Waals surface area contributed by atoms with E-state index in [-0.39, 0.29) is 12.4 Å². The largest absolute Gasteiger partial charge is 0.477 e. The van der Waals surface area contributed by atoms with Gasteiger partial charge in [-0.25, -0.2) is 4.79 Å². The SMILES string of the molecule is Cl.O=C(O)C1=Cc2[nH]nc3cccc(c23)S1. The van der Waals surface area contributed by atoms with Crippen LogP contribution in [0.3, 0.4) is 0 Å². The Bertz CT molecular complexity index is 606. The molecule has 0 saturated heterocycles. The van der Waals surface area contributed by atoms with Crippen molar-refractivity contribution in [1.29, 1.82) is 0 Å². The number of carboxylic acids is 1. The second-order valence-corrected chi connectivity index (χ2v) is 4.29. The summed E-state index contributed by atoms with van der Waals surface area (Å²) in [6, 6.07) is 5.68. The van der Waals surface area contributed by atoms with E-state index in [1.165, 1.54) is 11.8 Å². The van der Waals surface area contributed by atoms with Crippen molar-refractivity contribution in [3.05, 3.63) is 28.8 Å². The first kappa shape index (κ1) is 11.0. The molecule has 0 spiro atoms. The molecule has 0 bridgehead atoms. The second kappa shape index (κ2) is 3.84. The highest BCUT2D eigenvalue weighted by Gasteiger charge is 2.20. The van der Waals surface area contributed by atoms with Crippen LogP contribution in [0.15, 0.2) is 28.0 Å². The Morgan fingerprint density at radius 2 is 2.25 bits per heavy atom. The number of hydrogen-bond acceptors (Lipinski definition) is 3. The van der Waals surface area contributed by atoms with Gasteiger partial charge in [0.15, 0.2) is 0 Å². The van der Waals surface area contributed by atoms with Gasteiger partial charge >= 0.3 is 5.97 Å². The minimum Gasteiger partial charge on any atom is -0.477 e. The number of rotatable bonds is 1. The Kier molecular flexibility index (Phi) is 2.65. The molecular weight excluding hydrogens is 248 g/mol. The summed E-state index contributed by atoms with van der Waals surface area (Å²) in [5.41, 5.74) is 1.65. The number of hydrogen-bond donors (Lipinski definition) is 2. The van der Waals surface area contributed by atoms with Gasteiger partial charge in [-0.3, -0.25) is 5.10 Å². The van der Waals surface area contributed by atoms with Crippen LogP contribution in [-0.2, 0) is 4.79 Å². The standard InChI is InChI=1S/C10H6N2O2S.ClH/c13-10(14)8-4-6-9-5(11-12-6)2-1-3-7(9)15-8;/h1-4H,(H,11,12)(H,13,14);1H. The van der Waals surface area contributed by atoms with E-state index in [1.807, 2.05) is 18.2 Å². The number of aromatic amines is 1. The number of aliphatic carboxylic acids is 1. The summed E-state index contributed by atoms with van der Waals surface area (Å²) in [4.78, 5) is 12.1. The van der Waals surface area contributed by atoms with Gasteiger partial charge in [0.2, 0.25) is 0 Å². The summed E-state index contributed by atoms with van der Waals surface area (Å²) < 4.78 is 0. The molecule has 82 valence electrons. The molecule has 3 rings (SSSR count). The minimum atomic E-state index is -0.905. The molecule has 2 heterocycles. The summed E-state index contributed by atoms with van der Waals surface area (Å²) >= 11 is 1.26. The number of thioether (sulfide) groups is 1. The molecule has 2 N–H and O–H groups in total. The van der Waals surface area contributed by atoms with Crippen LogP contribution >= 0.6 is 24.2 Å². The number of nitrogens with zero attached hydrogens (tertiary/aromatic N) is 1. The number of carbonyl (C=O) groups is 1. The van der Waals surface area contributed by atoms with E-state index in [2.05, 4.69) is 10.2 Å². The molecule has 16 heavy (non-hydrogen) atoms. The van der Waals surface area contributed by atoms with Crippen LogP contribution in [0.25, 0.3) is 17.0 Å². The van der Waals surface area contributed by atoms with Crippen LogP contribution < -0.4 is 0 Å². The molecule has 0 fully saturated rings. The average Bonchev–Trinajstić information content (AvgIpc) is 2.64. The fourth-order valence-electron chi connectivity index (χ4n) is 1.63. The van der Waals surface area contributed by atoms with Crippen molar-refractivity contribution >= 4 is 47.1 Å². The molecule has 0 atom stereocenters. The van der Waals surface area contributed by atoms with Gasteiger partial charge < -0.3 is 5.11 Å². The van der Waals surface area contributed by atoms with E-state index < -0.39 is 5.97 Å². The number of carboxylic acid groups (broad SMARTS) is 1. The van der Waals surface area contributed by atoms with Crippen molar-refractivity contribution in [3.8, 4) is 0 Å². The summed E-state index contributed by atoms with van der Waals surface area (Å²) in [5, 5.41) is 16.9. The van der Waals surface area contributed by atoms with Gasteiger partial charge in [0.1, 0.15) is 0 Å². The fraction of sp³-hybridized carbons (Fsp3) is 0. The number of aromatic nitrogens is 2. The molecule has 0 radical (unpaired) electrons. The highest BCUT2D eigenvalue weighted by Crippen LogP contribution is 2.39. The van der Waals surface area contributed by atoms with Crippen LogP contribution in [0, 0.1) is 0 Å². The first-order valence-corrected chi connectivity index (χ1v) is 5.17.